The fourth-order valence-electron chi connectivity index (χ4n) is 5.26. The fraction of sp³-hybridized carbons (Fsp3) is 1.00. The van der Waals surface area contributed by atoms with Gasteiger partial charge in [-0.05, 0) is 52.5 Å². The van der Waals surface area contributed by atoms with E-state index in [9.17, 15) is 0 Å². The summed E-state index contributed by atoms with van der Waals surface area (Å²) in [6, 6.07) is 0. The molecule has 0 aromatic heterocycles. The zero-order chi connectivity index (χ0) is 14.6. The van der Waals surface area contributed by atoms with Crippen molar-refractivity contribution in [1.29, 1.82) is 0 Å². The predicted molar refractivity (Wildman–Crippen MR) is 89.4 cm³/mol. The van der Waals surface area contributed by atoms with Gasteiger partial charge in [0, 0.05) is 0 Å². The lowest BCUT2D eigenvalue weighted by Gasteiger charge is -2.68. The largest absolute Gasteiger partial charge is 0.0910 e. The summed E-state index contributed by atoms with van der Waals surface area (Å²) >= 11 is 0. The molecule has 0 spiro atoms. The quantitative estimate of drug-likeness (QED) is 0.534. The molecule has 2 aliphatic rings. The van der Waals surface area contributed by atoms with Crippen molar-refractivity contribution < 1.29 is 0 Å². The molecule has 0 radical (unpaired) electrons. The molecule has 0 bridgehead atoms. The Hall–Kier alpha value is 0.430. The topological polar surface area (TPSA) is 0 Å². The van der Waals surface area contributed by atoms with Crippen LogP contribution in [0.3, 0.4) is 0 Å². The Kier molecular flexibility index (Phi) is 4.17. The van der Waals surface area contributed by atoms with Crippen molar-refractivity contribution in [2.24, 2.45) is 23.7 Å². The maximum absolute atomic E-state index is 2.56. The van der Waals surface area contributed by atoms with Crippen molar-refractivity contribution >= 4 is 7.92 Å². The zero-order valence-corrected chi connectivity index (χ0v) is 15.3. The molecule has 0 amide bonds. The molecule has 1 saturated carbocycles. The first-order valence-corrected chi connectivity index (χ1v) is 9.80. The van der Waals surface area contributed by atoms with E-state index in [4.69, 9.17) is 0 Å². The molecule has 112 valence electrons. The monoisotopic (exact) mass is 282 g/mol. The Balaban J connectivity index is 2.27. The first-order chi connectivity index (χ1) is 8.60. The SMILES string of the molecule is CC(C)[C@@H]1CC[C@@H](C)C[C@H]1P1C(C)(C)C(C)C1(C)C. The standard InChI is InChI=1S/C18H35P/c1-12(2)15-10-9-13(3)11-16(15)19-17(5,6)14(4)18(19,7)8/h12-16H,9-11H2,1-8H3/t13-,14?,15+,16-,19?/m1/s1. The van der Waals surface area contributed by atoms with E-state index in [2.05, 4.69) is 55.4 Å². The van der Waals surface area contributed by atoms with Crippen molar-refractivity contribution in [3.05, 3.63) is 0 Å². The molecule has 1 aliphatic carbocycles. The van der Waals surface area contributed by atoms with Crippen LogP contribution in [0.5, 0.6) is 0 Å². The van der Waals surface area contributed by atoms with Gasteiger partial charge in [-0.25, -0.2) is 0 Å². The Bertz CT molecular complexity index is 313. The second-order valence-corrected chi connectivity index (χ2v) is 12.5. The molecule has 0 nitrogen and oxygen atoms in total. The van der Waals surface area contributed by atoms with Crippen LogP contribution < -0.4 is 0 Å². The van der Waals surface area contributed by atoms with Gasteiger partial charge in [0.2, 0.25) is 0 Å². The smallest absolute Gasteiger partial charge is 0.0109 e. The van der Waals surface area contributed by atoms with Gasteiger partial charge >= 0.3 is 0 Å². The molecule has 0 unspecified atom stereocenters. The van der Waals surface area contributed by atoms with Gasteiger partial charge in [0.15, 0.2) is 0 Å². The summed E-state index contributed by atoms with van der Waals surface area (Å²) in [7, 11) is 0.160. The van der Waals surface area contributed by atoms with Crippen molar-refractivity contribution in [1.82, 2.24) is 0 Å². The van der Waals surface area contributed by atoms with Crippen LogP contribution in [-0.4, -0.2) is 16.0 Å². The van der Waals surface area contributed by atoms with E-state index >= 15 is 0 Å². The van der Waals surface area contributed by atoms with E-state index in [1.165, 1.54) is 19.3 Å². The minimum Gasteiger partial charge on any atom is -0.0910 e. The Morgan fingerprint density at radius 1 is 0.947 bits per heavy atom. The third-order valence-electron chi connectivity index (χ3n) is 6.68. The first kappa shape index (κ1) is 15.8. The zero-order valence-electron chi connectivity index (χ0n) is 14.5. The molecule has 19 heavy (non-hydrogen) atoms. The lowest BCUT2D eigenvalue weighted by molar-refractivity contribution is 0.218. The second-order valence-electron chi connectivity index (χ2n) is 8.79. The first-order valence-electron chi connectivity index (χ1n) is 8.39. The van der Waals surface area contributed by atoms with Crippen LogP contribution in [0.25, 0.3) is 0 Å². The van der Waals surface area contributed by atoms with Gasteiger partial charge in [0.05, 0.1) is 0 Å². The van der Waals surface area contributed by atoms with Crippen molar-refractivity contribution in [2.75, 3.05) is 0 Å². The summed E-state index contributed by atoms with van der Waals surface area (Å²) in [4.78, 5) is 0. The minimum atomic E-state index is 0.160. The van der Waals surface area contributed by atoms with Gasteiger partial charge in [0.25, 0.3) is 0 Å². The maximum atomic E-state index is 2.56. The van der Waals surface area contributed by atoms with Gasteiger partial charge in [-0.1, -0.05) is 69.7 Å². The van der Waals surface area contributed by atoms with Gasteiger partial charge < -0.3 is 0 Å². The molecule has 2 fully saturated rings. The molecule has 1 saturated heterocycles. The molecular weight excluding hydrogens is 247 g/mol. The van der Waals surface area contributed by atoms with E-state index in [1.807, 2.05) is 0 Å². The Labute approximate surface area is 122 Å². The summed E-state index contributed by atoms with van der Waals surface area (Å²) < 4.78 is 0. The Morgan fingerprint density at radius 3 is 1.95 bits per heavy atom. The van der Waals surface area contributed by atoms with Crippen molar-refractivity contribution in [2.45, 2.75) is 90.6 Å². The van der Waals surface area contributed by atoms with Crippen molar-refractivity contribution in [3.63, 3.8) is 0 Å². The Morgan fingerprint density at radius 2 is 1.47 bits per heavy atom. The highest BCUT2D eigenvalue weighted by molar-refractivity contribution is 7.63. The summed E-state index contributed by atoms with van der Waals surface area (Å²) in [5.41, 5.74) is 1.03. The summed E-state index contributed by atoms with van der Waals surface area (Å²) in [5.74, 6) is 3.72. The summed E-state index contributed by atoms with van der Waals surface area (Å²) in [5, 5.41) is 1.21. The van der Waals surface area contributed by atoms with E-state index in [1.54, 1.807) is 0 Å². The molecule has 0 aromatic carbocycles. The van der Waals surface area contributed by atoms with Crippen LogP contribution in [0.15, 0.2) is 0 Å². The molecular formula is C18H35P. The summed E-state index contributed by atoms with van der Waals surface area (Å²) in [6.07, 6.45) is 4.47. The van der Waals surface area contributed by atoms with E-state index < -0.39 is 0 Å². The minimum absolute atomic E-state index is 0.160. The molecule has 2 rings (SSSR count). The molecule has 3 atom stereocenters. The third kappa shape index (κ3) is 2.41. The number of hydrogen-bond donors (Lipinski definition) is 0. The molecule has 0 aromatic rings. The molecule has 1 heteroatoms. The predicted octanol–water partition coefficient (Wildman–Crippen LogP) is 6.14. The lowest BCUT2D eigenvalue weighted by atomic mass is 9.77. The normalized spacial score (nSPS) is 45.0. The van der Waals surface area contributed by atoms with Crippen LogP contribution in [0.2, 0.25) is 0 Å². The second kappa shape index (κ2) is 5.01. The lowest BCUT2D eigenvalue weighted by Crippen LogP contribution is -2.59. The van der Waals surface area contributed by atoms with E-state index in [-0.39, 0.29) is 7.92 Å². The molecule has 0 N–H and O–H groups in total. The number of hydrogen-bond acceptors (Lipinski definition) is 0. The van der Waals surface area contributed by atoms with Crippen LogP contribution >= 0.6 is 7.92 Å². The average molecular weight is 282 g/mol. The van der Waals surface area contributed by atoms with E-state index in [0.29, 0.717) is 10.3 Å². The highest BCUT2D eigenvalue weighted by Crippen LogP contribution is 2.80. The highest BCUT2D eigenvalue weighted by Gasteiger charge is 2.62. The van der Waals surface area contributed by atoms with Gasteiger partial charge in [-0.15, -0.1) is 0 Å². The van der Waals surface area contributed by atoms with Crippen LogP contribution in [0.4, 0.5) is 0 Å². The van der Waals surface area contributed by atoms with Crippen LogP contribution in [0, 0.1) is 23.7 Å². The van der Waals surface area contributed by atoms with Gasteiger partial charge in [-0.3, -0.25) is 0 Å². The van der Waals surface area contributed by atoms with Gasteiger partial charge in [-0.2, -0.15) is 0 Å². The molecule has 1 aliphatic heterocycles. The van der Waals surface area contributed by atoms with Crippen LogP contribution in [-0.2, 0) is 0 Å². The average Bonchev–Trinajstić information content (AvgIpc) is 2.27. The van der Waals surface area contributed by atoms with Crippen molar-refractivity contribution in [3.8, 4) is 0 Å². The van der Waals surface area contributed by atoms with Crippen LogP contribution in [0.1, 0.15) is 74.7 Å². The highest BCUT2D eigenvalue weighted by atomic mass is 31.1. The van der Waals surface area contributed by atoms with E-state index in [0.717, 1.165) is 29.3 Å². The van der Waals surface area contributed by atoms with Gasteiger partial charge in [0.1, 0.15) is 0 Å². The molecule has 1 heterocycles. The summed E-state index contributed by atoms with van der Waals surface area (Å²) in [6.45, 7) is 20.2. The fourth-order valence-corrected chi connectivity index (χ4v) is 11.2. The number of rotatable bonds is 2. The maximum Gasteiger partial charge on any atom is -0.0109 e. The third-order valence-corrected chi connectivity index (χ3v) is 11.2.